The highest BCUT2D eigenvalue weighted by atomic mass is 15.1. The van der Waals surface area contributed by atoms with Crippen LogP contribution in [0.15, 0.2) is 249 Å². The topological polar surface area (TPSA) is 3.24 Å². The van der Waals surface area contributed by atoms with Gasteiger partial charge in [0.05, 0.1) is 0 Å². The first-order valence-corrected chi connectivity index (χ1v) is 21.7. The summed E-state index contributed by atoms with van der Waals surface area (Å²) in [6.07, 6.45) is 0. The standard InChI is InChI=1S/C62H41N/c1-3-15-47(16-4-1)61-59-22-12-11-21-57(59)58-38-36-54(41-60(58)62(61)48-17-5-2-6-18-48)63(53-35-37-56-51(40-53)30-28-46-14-9-10-20-55(46)56)52-33-31-44(32-34-52)43-23-25-45(26-24-43)50-29-27-42-13-7-8-19-49(42)39-50/h1-41H. The van der Waals surface area contributed by atoms with E-state index >= 15 is 0 Å². The number of anilines is 3. The van der Waals surface area contributed by atoms with Gasteiger partial charge in [-0.2, -0.15) is 0 Å². The van der Waals surface area contributed by atoms with E-state index in [0.717, 1.165) is 17.1 Å². The number of hydrogen-bond donors (Lipinski definition) is 0. The molecular weight excluding hydrogens is 759 g/mol. The van der Waals surface area contributed by atoms with Crippen LogP contribution in [0.5, 0.6) is 0 Å². The predicted octanol–water partition coefficient (Wildman–Crippen LogP) is 17.6. The zero-order valence-electron chi connectivity index (χ0n) is 34.6. The van der Waals surface area contributed by atoms with Crippen LogP contribution in [0, 0.1) is 0 Å². The van der Waals surface area contributed by atoms with E-state index in [-0.39, 0.29) is 0 Å². The van der Waals surface area contributed by atoms with Crippen molar-refractivity contribution in [3.8, 4) is 44.5 Å². The van der Waals surface area contributed by atoms with Crippen molar-refractivity contribution in [2.45, 2.75) is 0 Å². The average molecular weight is 800 g/mol. The molecule has 1 nitrogen and oxygen atoms in total. The molecule has 0 unspecified atom stereocenters. The van der Waals surface area contributed by atoms with Crippen LogP contribution in [0.2, 0.25) is 0 Å². The number of benzene rings is 12. The van der Waals surface area contributed by atoms with Crippen LogP contribution in [-0.2, 0) is 0 Å². The minimum atomic E-state index is 1.09. The molecule has 12 rings (SSSR count). The summed E-state index contributed by atoms with van der Waals surface area (Å²) in [4.78, 5) is 2.42. The third-order valence-electron chi connectivity index (χ3n) is 12.8. The van der Waals surface area contributed by atoms with E-state index in [1.54, 1.807) is 0 Å². The summed E-state index contributed by atoms with van der Waals surface area (Å²) in [5.74, 6) is 0. The lowest BCUT2D eigenvalue weighted by atomic mass is 9.85. The summed E-state index contributed by atoms with van der Waals surface area (Å²) < 4.78 is 0. The first-order valence-electron chi connectivity index (χ1n) is 21.7. The highest BCUT2D eigenvalue weighted by Crippen LogP contribution is 2.47. The van der Waals surface area contributed by atoms with Gasteiger partial charge in [0.15, 0.2) is 0 Å². The molecule has 0 saturated carbocycles. The zero-order chi connectivity index (χ0) is 41.7. The van der Waals surface area contributed by atoms with Crippen LogP contribution < -0.4 is 4.90 Å². The maximum absolute atomic E-state index is 2.42. The smallest absolute Gasteiger partial charge is 0.0468 e. The Labute approximate surface area is 367 Å². The molecule has 0 amide bonds. The van der Waals surface area contributed by atoms with Crippen LogP contribution in [0.4, 0.5) is 17.1 Å². The second kappa shape index (κ2) is 15.3. The van der Waals surface area contributed by atoms with Crippen LogP contribution in [0.3, 0.4) is 0 Å². The normalized spacial score (nSPS) is 11.5. The van der Waals surface area contributed by atoms with Crippen molar-refractivity contribution in [3.05, 3.63) is 249 Å². The van der Waals surface area contributed by atoms with Crippen molar-refractivity contribution in [1.82, 2.24) is 0 Å². The molecular formula is C62H41N. The highest BCUT2D eigenvalue weighted by molar-refractivity contribution is 6.22. The second-order valence-electron chi connectivity index (χ2n) is 16.5. The van der Waals surface area contributed by atoms with Gasteiger partial charge in [0.1, 0.15) is 0 Å². The lowest BCUT2D eigenvalue weighted by Crippen LogP contribution is -2.10. The first kappa shape index (κ1) is 36.6. The molecule has 294 valence electrons. The summed E-state index contributed by atoms with van der Waals surface area (Å²) >= 11 is 0. The van der Waals surface area contributed by atoms with Crippen LogP contribution in [0.25, 0.3) is 98.4 Å². The van der Waals surface area contributed by atoms with Gasteiger partial charge in [0.2, 0.25) is 0 Å². The van der Waals surface area contributed by atoms with Gasteiger partial charge in [0.25, 0.3) is 0 Å². The number of fused-ring (bicyclic) bond motifs is 7. The van der Waals surface area contributed by atoms with Crippen molar-refractivity contribution in [1.29, 1.82) is 0 Å². The molecule has 0 bridgehead atoms. The Morgan fingerprint density at radius 3 is 1.32 bits per heavy atom. The van der Waals surface area contributed by atoms with Gasteiger partial charge in [-0.05, 0) is 141 Å². The summed E-state index contributed by atoms with van der Waals surface area (Å²) in [5, 5.41) is 12.5. The highest BCUT2D eigenvalue weighted by Gasteiger charge is 2.21. The van der Waals surface area contributed by atoms with Gasteiger partial charge in [-0.25, -0.2) is 0 Å². The summed E-state index contributed by atoms with van der Waals surface area (Å²) in [5.41, 5.74) is 13.0. The van der Waals surface area contributed by atoms with Gasteiger partial charge >= 0.3 is 0 Å². The average Bonchev–Trinajstić information content (AvgIpc) is 3.36. The summed E-state index contributed by atoms with van der Waals surface area (Å²) in [6, 6.07) is 91.1. The van der Waals surface area contributed by atoms with E-state index in [1.165, 1.54) is 98.4 Å². The quantitative estimate of drug-likeness (QED) is 0.145. The molecule has 0 heterocycles. The van der Waals surface area contributed by atoms with Crippen LogP contribution in [0.1, 0.15) is 0 Å². The lowest BCUT2D eigenvalue weighted by Gasteiger charge is -2.27. The molecule has 12 aromatic rings. The van der Waals surface area contributed by atoms with E-state index in [0.29, 0.717) is 0 Å². The predicted molar refractivity (Wildman–Crippen MR) is 270 cm³/mol. The lowest BCUT2D eigenvalue weighted by molar-refractivity contribution is 1.29. The largest absolute Gasteiger partial charge is 0.310 e. The third kappa shape index (κ3) is 6.50. The maximum Gasteiger partial charge on any atom is 0.0468 e. The zero-order valence-corrected chi connectivity index (χ0v) is 34.6. The molecule has 0 aliphatic carbocycles. The molecule has 1 heteroatoms. The Balaban J connectivity index is 1.03. The van der Waals surface area contributed by atoms with E-state index < -0.39 is 0 Å². The van der Waals surface area contributed by atoms with Crippen molar-refractivity contribution in [3.63, 3.8) is 0 Å². The fraction of sp³-hybridized carbons (Fsp3) is 0. The summed E-state index contributed by atoms with van der Waals surface area (Å²) in [7, 11) is 0. The Morgan fingerprint density at radius 2 is 0.619 bits per heavy atom. The monoisotopic (exact) mass is 799 g/mol. The fourth-order valence-corrected chi connectivity index (χ4v) is 9.74. The van der Waals surface area contributed by atoms with E-state index in [1.807, 2.05) is 0 Å². The van der Waals surface area contributed by atoms with E-state index in [4.69, 9.17) is 0 Å². The Morgan fingerprint density at radius 1 is 0.190 bits per heavy atom. The molecule has 63 heavy (non-hydrogen) atoms. The minimum absolute atomic E-state index is 1.09. The van der Waals surface area contributed by atoms with Crippen molar-refractivity contribution in [2.24, 2.45) is 0 Å². The van der Waals surface area contributed by atoms with Gasteiger partial charge in [-0.15, -0.1) is 0 Å². The molecule has 0 aromatic heterocycles. The van der Waals surface area contributed by atoms with Crippen molar-refractivity contribution >= 4 is 70.9 Å². The molecule has 12 aromatic carbocycles. The number of hydrogen-bond acceptors (Lipinski definition) is 1. The third-order valence-corrected chi connectivity index (χ3v) is 12.8. The van der Waals surface area contributed by atoms with Gasteiger partial charge in [0, 0.05) is 17.1 Å². The molecule has 0 spiro atoms. The fourth-order valence-electron chi connectivity index (χ4n) is 9.74. The maximum atomic E-state index is 2.42. The first-order chi connectivity index (χ1) is 31.2. The molecule has 0 saturated heterocycles. The molecule has 0 atom stereocenters. The van der Waals surface area contributed by atoms with E-state index in [9.17, 15) is 0 Å². The van der Waals surface area contributed by atoms with Crippen molar-refractivity contribution < 1.29 is 0 Å². The van der Waals surface area contributed by atoms with E-state index in [2.05, 4.69) is 254 Å². The van der Waals surface area contributed by atoms with Crippen molar-refractivity contribution in [2.75, 3.05) is 4.90 Å². The molecule has 0 radical (unpaired) electrons. The molecule has 0 N–H and O–H groups in total. The molecule has 0 aliphatic rings. The minimum Gasteiger partial charge on any atom is -0.310 e. The Bertz CT molecular complexity index is 3650. The number of nitrogens with zero attached hydrogens (tertiary/aromatic N) is 1. The number of rotatable bonds is 7. The molecule has 0 aliphatic heterocycles. The SMILES string of the molecule is c1ccc(-c2c(-c3ccccc3)c3cc(N(c4ccc(-c5ccc(-c6ccc7ccccc7c6)cc5)cc4)c4ccc5c(ccc6ccccc65)c4)ccc3c3ccccc23)cc1. The van der Waals surface area contributed by atoms with Gasteiger partial charge < -0.3 is 4.90 Å². The second-order valence-corrected chi connectivity index (χ2v) is 16.5. The summed E-state index contributed by atoms with van der Waals surface area (Å²) in [6.45, 7) is 0. The molecule has 0 fully saturated rings. The van der Waals surface area contributed by atoms with Crippen LogP contribution >= 0.6 is 0 Å². The van der Waals surface area contributed by atoms with Gasteiger partial charge in [-0.3, -0.25) is 0 Å². The van der Waals surface area contributed by atoms with Gasteiger partial charge in [-0.1, -0.05) is 206 Å². The Kier molecular flexibility index (Phi) is 8.90. The van der Waals surface area contributed by atoms with Crippen LogP contribution in [-0.4, -0.2) is 0 Å². The Hall–Kier alpha value is -8.26.